The van der Waals surface area contributed by atoms with Crippen molar-refractivity contribution in [2.75, 3.05) is 40.9 Å². The largest absolute Gasteiger partial charge is 0.507 e. The highest BCUT2D eigenvalue weighted by Crippen LogP contribution is 2.39. The van der Waals surface area contributed by atoms with Gasteiger partial charge in [0, 0.05) is 18.7 Å². The summed E-state index contributed by atoms with van der Waals surface area (Å²) in [5.41, 5.74) is 1.22. The van der Waals surface area contributed by atoms with Crippen LogP contribution in [0.25, 0.3) is 5.76 Å². The van der Waals surface area contributed by atoms with E-state index in [1.54, 1.807) is 61.7 Å². The Bertz CT molecular complexity index is 1010. The van der Waals surface area contributed by atoms with E-state index in [4.69, 9.17) is 9.47 Å². The molecule has 1 saturated heterocycles. The smallest absolute Gasteiger partial charge is 0.295 e. The molecule has 0 spiro atoms. The van der Waals surface area contributed by atoms with Crippen molar-refractivity contribution in [3.05, 3.63) is 77.9 Å². The third-order valence-corrected chi connectivity index (χ3v) is 5.26. The monoisotopic (exact) mass is 436 g/mol. The summed E-state index contributed by atoms with van der Waals surface area (Å²) in [6, 6.07) is 13.2. The van der Waals surface area contributed by atoms with Crippen LogP contribution in [0.4, 0.5) is 0 Å². The summed E-state index contributed by atoms with van der Waals surface area (Å²) in [6.45, 7) is 4.93. The van der Waals surface area contributed by atoms with Gasteiger partial charge in [0.25, 0.3) is 11.7 Å². The van der Waals surface area contributed by atoms with Crippen LogP contribution in [-0.4, -0.2) is 67.5 Å². The number of likely N-dealkylation sites (N-methyl/N-ethyl adjacent to an activating group) is 1. The predicted molar refractivity (Wildman–Crippen MR) is 123 cm³/mol. The van der Waals surface area contributed by atoms with Gasteiger partial charge in [-0.15, -0.1) is 0 Å². The number of aliphatic hydroxyl groups is 1. The molecule has 1 atom stereocenters. The summed E-state index contributed by atoms with van der Waals surface area (Å²) in [5, 5.41) is 11.1. The van der Waals surface area contributed by atoms with Gasteiger partial charge in [0.15, 0.2) is 0 Å². The molecule has 1 heterocycles. The van der Waals surface area contributed by atoms with E-state index in [9.17, 15) is 14.7 Å². The normalized spacial score (nSPS) is 17.6. The molecule has 1 fully saturated rings. The maximum Gasteiger partial charge on any atom is 0.295 e. The number of hydrogen-bond acceptors (Lipinski definition) is 6. The molecule has 0 bridgehead atoms. The number of benzene rings is 2. The molecule has 1 aliphatic rings. The van der Waals surface area contributed by atoms with Gasteiger partial charge < -0.3 is 24.4 Å². The standard InChI is InChI=1S/C25H28N2O5/c1-5-16-32-20-12-6-17(7-13-20)22-21(23(28)18-8-10-19(31-4)11-9-18)24(29)25(30)27(22)15-14-26(2)3/h5-13,22,28H,1,14-16H2,2-4H3/b23-21+. The first-order chi connectivity index (χ1) is 15.4. The van der Waals surface area contributed by atoms with Crippen LogP contribution in [-0.2, 0) is 9.59 Å². The van der Waals surface area contributed by atoms with Crippen LogP contribution >= 0.6 is 0 Å². The number of rotatable bonds is 9. The average molecular weight is 437 g/mol. The van der Waals surface area contributed by atoms with Crippen LogP contribution in [0.3, 0.4) is 0 Å². The van der Waals surface area contributed by atoms with Crippen LogP contribution < -0.4 is 9.47 Å². The zero-order chi connectivity index (χ0) is 23.3. The first-order valence-electron chi connectivity index (χ1n) is 10.3. The number of methoxy groups -OCH3 is 1. The molecule has 2 aromatic carbocycles. The van der Waals surface area contributed by atoms with Gasteiger partial charge in [-0.25, -0.2) is 0 Å². The van der Waals surface area contributed by atoms with Crippen LogP contribution in [0.15, 0.2) is 66.8 Å². The number of carbonyl (C=O) groups excluding carboxylic acids is 2. The first-order valence-corrected chi connectivity index (χ1v) is 10.3. The lowest BCUT2D eigenvalue weighted by Gasteiger charge is -2.26. The molecule has 2 aromatic rings. The zero-order valence-electron chi connectivity index (χ0n) is 18.6. The lowest BCUT2D eigenvalue weighted by atomic mass is 9.95. The molecule has 1 aliphatic heterocycles. The number of ether oxygens (including phenoxy) is 2. The van der Waals surface area contributed by atoms with Gasteiger partial charge in [-0.3, -0.25) is 9.59 Å². The Morgan fingerprint density at radius 3 is 2.28 bits per heavy atom. The van der Waals surface area contributed by atoms with Gasteiger partial charge in [-0.2, -0.15) is 0 Å². The number of carbonyl (C=O) groups is 2. The average Bonchev–Trinajstić information content (AvgIpc) is 3.06. The van der Waals surface area contributed by atoms with Crippen molar-refractivity contribution in [3.8, 4) is 11.5 Å². The molecule has 1 N–H and O–H groups in total. The topological polar surface area (TPSA) is 79.3 Å². The third kappa shape index (κ3) is 4.84. The van der Waals surface area contributed by atoms with Gasteiger partial charge in [-0.05, 0) is 56.1 Å². The first kappa shape index (κ1) is 23.1. The van der Waals surface area contributed by atoms with Gasteiger partial charge >= 0.3 is 0 Å². The van der Waals surface area contributed by atoms with Crippen molar-refractivity contribution < 1.29 is 24.2 Å². The SMILES string of the molecule is C=CCOc1ccc(C2/C(=C(\O)c3ccc(OC)cc3)C(=O)C(=O)N2CCN(C)C)cc1. The fraction of sp³-hybridized carbons (Fsp3) is 0.280. The van der Waals surface area contributed by atoms with Gasteiger partial charge in [-0.1, -0.05) is 24.8 Å². The number of aliphatic hydroxyl groups excluding tert-OH is 1. The molecule has 1 amide bonds. The third-order valence-electron chi connectivity index (χ3n) is 5.26. The Hall–Kier alpha value is -3.58. The van der Waals surface area contributed by atoms with Crippen molar-refractivity contribution >= 4 is 17.4 Å². The Kier molecular flexibility index (Phi) is 7.33. The molecule has 1 unspecified atom stereocenters. The molecule has 0 aromatic heterocycles. The lowest BCUT2D eigenvalue weighted by Crippen LogP contribution is -2.35. The number of hydrogen-bond donors (Lipinski definition) is 1. The van der Waals surface area contributed by atoms with Gasteiger partial charge in [0.1, 0.15) is 23.9 Å². The summed E-state index contributed by atoms with van der Waals surface area (Å²) in [5.74, 6) is -0.267. The number of amides is 1. The number of likely N-dealkylation sites (tertiary alicyclic amines) is 1. The van der Waals surface area contributed by atoms with Gasteiger partial charge in [0.05, 0.1) is 18.7 Å². The van der Waals surface area contributed by atoms with E-state index >= 15 is 0 Å². The fourth-order valence-electron chi connectivity index (χ4n) is 3.57. The summed E-state index contributed by atoms with van der Waals surface area (Å²) >= 11 is 0. The Balaban J connectivity index is 2.06. The van der Waals surface area contributed by atoms with E-state index in [1.807, 2.05) is 19.0 Å². The molecular weight excluding hydrogens is 408 g/mol. The summed E-state index contributed by atoms with van der Waals surface area (Å²) < 4.78 is 10.7. The van der Waals surface area contributed by atoms with Crippen LogP contribution in [0.5, 0.6) is 11.5 Å². The van der Waals surface area contributed by atoms with E-state index in [2.05, 4.69) is 6.58 Å². The molecule has 0 radical (unpaired) electrons. The highest BCUT2D eigenvalue weighted by atomic mass is 16.5. The maximum atomic E-state index is 13.0. The highest BCUT2D eigenvalue weighted by Gasteiger charge is 2.45. The van der Waals surface area contributed by atoms with Crippen LogP contribution in [0, 0.1) is 0 Å². The summed E-state index contributed by atoms with van der Waals surface area (Å²) in [7, 11) is 5.34. The van der Waals surface area contributed by atoms with E-state index in [0.29, 0.717) is 42.3 Å². The second-order valence-corrected chi connectivity index (χ2v) is 7.69. The quantitative estimate of drug-likeness (QED) is 0.281. The maximum absolute atomic E-state index is 13.0. The van der Waals surface area contributed by atoms with E-state index in [-0.39, 0.29) is 11.3 Å². The molecule has 0 saturated carbocycles. The van der Waals surface area contributed by atoms with Crippen molar-refractivity contribution in [2.24, 2.45) is 0 Å². The molecule has 168 valence electrons. The fourth-order valence-corrected chi connectivity index (χ4v) is 3.57. The van der Waals surface area contributed by atoms with E-state index < -0.39 is 17.7 Å². The molecule has 0 aliphatic carbocycles. The van der Waals surface area contributed by atoms with Crippen molar-refractivity contribution in [1.82, 2.24) is 9.80 Å². The van der Waals surface area contributed by atoms with Crippen molar-refractivity contribution in [2.45, 2.75) is 6.04 Å². The second kappa shape index (κ2) is 10.2. The second-order valence-electron chi connectivity index (χ2n) is 7.69. The summed E-state index contributed by atoms with van der Waals surface area (Å²) in [6.07, 6.45) is 1.65. The van der Waals surface area contributed by atoms with Crippen molar-refractivity contribution in [3.63, 3.8) is 0 Å². The predicted octanol–water partition coefficient (Wildman–Crippen LogP) is 3.24. The van der Waals surface area contributed by atoms with E-state index in [1.165, 1.54) is 4.90 Å². The lowest BCUT2D eigenvalue weighted by molar-refractivity contribution is -0.140. The minimum atomic E-state index is -0.703. The minimum absolute atomic E-state index is 0.0682. The molecule has 3 rings (SSSR count). The molecular formula is C25H28N2O5. The summed E-state index contributed by atoms with van der Waals surface area (Å²) in [4.78, 5) is 29.4. The molecule has 32 heavy (non-hydrogen) atoms. The number of nitrogens with zero attached hydrogens (tertiary/aromatic N) is 2. The number of ketones is 1. The zero-order valence-corrected chi connectivity index (χ0v) is 18.6. The Morgan fingerprint density at radius 2 is 1.72 bits per heavy atom. The molecule has 7 heteroatoms. The van der Waals surface area contributed by atoms with E-state index in [0.717, 1.165) is 0 Å². The minimum Gasteiger partial charge on any atom is -0.507 e. The molecule has 7 nitrogen and oxygen atoms in total. The Labute approximate surface area is 188 Å². The number of Topliss-reactive ketones (excluding diaryl/α,β-unsaturated/α-hetero) is 1. The Morgan fingerprint density at radius 1 is 1.09 bits per heavy atom. The van der Waals surface area contributed by atoms with Crippen LogP contribution in [0.1, 0.15) is 17.2 Å². The van der Waals surface area contributed by atoms with Crippen molar-refractivity contribution in [1.29, 1.82) is 0 Å². The van der Waals surface area contributed by atoms with Gasteiger partial charge in [0.2, 0.25) is 0 Å². The van der Waals surface area contributed by atoms with Crippen LogP contribution in [0.2, 0.25) is 0 Å². The highest BCUT2D eigenvalue weighted by molar-refractivity contribution is 6.46.